The molecule has 3 rings (SSSR count). The molecule has 7 heteroatoms. The number of amides is 1. The van der Waals surface area contributed by atoms with Gasteiger partial charge in [0.25, 0.3) is 11.5 Å². The van der Waals surface area contributed by atoms with E-state index in [1.807, 2.05) is 44.4 Å². The lowest BCUT2D eigenvalue weighted by Gasteiger charge is -2.11. The summed E-state index contributed by atoms with van der Waals surface area (Å²) in [4.78, 5) is 26.2. The van der Waals surface area contributed by atoms with Gasteiger partial charge < -0.3 is 15.0 Å². The molecule has 0 aliphatic heterocycles. The van der Waals surface area contributed by atoms with Crippen LogP contribution in [0.1, 0.15) is 6.42 Å². The molecule has 3 aromatic rings. The van der Waals surface area contributed by atoms with Crippen LogP contribution in [-0.4, -0.2) is 54.4 Å². The lowest BCUT2D eigenvalue weighted by atomic mass is 10.1. The van der Waals surface area contributed by atoms with Crippen LogP contribution in [0.4, 0.5) is 0 Å². The first-order chi connectivity index (χ1) is 14.0. The number of rotatable bonds is 8. The molecule has 0 aliphatic carbocycles. The van der Waals surface area contributed by atoms with Gasteiger partial charge in [-0.3, -0.25) is 9.59 Å². The summed E-state index contributed by atoms with van der Waals surface area (Å²) in [5, 5.41) is 8.71. The zero-order chi connectivity index (χ0) is 20.8. The van der Waals surface area contributed by atoms with Gasteiger partial charge in [0, 0.05) is 24.5 Å². The van der Waals surface area contributed by atoms with Crippen LogP contribution in [0.3, 0.4) is 0 Å². The van der Waals surface area contributed by atoms with Crippen LogP contribution < -0.4 is 15.6 Å². The Morgan fingerprint density at radius 2 is 1.79 bits per heavy atom. The topological polar surface area (TPSA) is 76.5 Å². The van der Waals surface area contributed by atoms with E-state index in [9.17, 15) is 9.59 Å². The van der Waals surface area contributed by atoms with Crippen LogP contribution in [0.5, 0.6) is 5.75 Å². The highest BCUT2D eigenvalue weighted by Gasteiger charge is 2.11. The fraction of sp³-hybridized carbons (Fsp3) is 0.318. The first-order valence-electron chi connectivity index (χ1n) is 9.56. The molecule has 0 spiro atoms. The summed E-state index contributed by atoms with van der Waals surface area (Å²) >= 11 is 0. The van der Waals surface area contributed by atoms with Gasteiger partial charge in [-0.25, -0.2) is 4.68 Å². The molecule has 0 radical (unpaired) electrons. The SMILES string of the molecule is CN(C)CCCNC(=O)COc1ccc(-c2nn(C)c(=O)c3ccccc23)cc1. The predicted octanol–water partition coefficient (Wildman–Crippen LogP) is 2.05. The van der Waals surface area contributed by atoms with Gasteiger partial charge in [0.05, 0.1) is 11.1 Å². The summed E-state index contributed by atoms with van der Waals surface area (Å²) in [5.74, 6) is 0.463. The Balaban J connectivity index is 1.66. The van der Waals surface area contributed by atoms with Crippen LogP contribution in [-0.2, 0) is 11.8 Å². The third kappa shape index (κ3) is 5.20. The van der Waals surface area contributed by atoms with Crippen molar-refractivity contribution in [3.8, 4) is 17.0 Å². The summed E-state index contributed by atoms with van der Waals surface area (Å²) < 4.78 is 6.92. The predicted molar refractivity (Wildman–Crippen MR) is 114 cm³/mol. The standard InChI is InChI=1S/C22H26N4O3/c1-25(2)14-6-13-23-20(27)15-29-17-11-9-16(10-12-17)21-18-7-4-5-8-19(18)22(28)26(3)24-21/h4-5,7-12H,6,13-15H2,1-3H3,(H,23,27). The maximum Gasteiger partial charge on any atom is 0.274 e. The molecule has 0 bridgehead atoms. The maximum absolute atomic E-state index is 12.3. The number of nitrogens with zero attached hydrogens (tertiary/aromatic N) is 3. The third-order valence-electron chi connectivity index (χ3n) is 4.56. The van der Waals surface area contributed by atoms with Crippen LogP contribution in [0.15, 0.2) is 53.3 Å². The van der Waals surface area contributed by atoms with E-state index >= 15 is 0 Å². The van der Waals surface area contributed by atoms with Gasteiger partial charge in [-0.2, -0.15) is 5.10 Å². The van der Waals surface area contributed by atoms with Gasteiger partial charge >= 0.3 is 0 Å². The quantitative estimate of drug-likeness (QED) is 0.592. The highest BCUT2D eigenvalue weighted by atomic mass is 16.5. The normalized spacial score (nSPS) is 11.0. The maximum atomic E-state index is 12.3. The highest BCUT2D eigenvalue weighted by molar-refractivity contribution is 5.93. The smallest absolute Gasteiger partial charge is 0.274 e. The zero-order valence-corrected chi connectivity index (χ0v) is 17.0. The molecule has 0 fully saturated rings. The van der Waals surface area contributed by atoms with E-state index in [1.165, 1.54) is 4.68 Å². The van der Waals surface area contributed by atoms with Crippen LogP contribution >= 0.6 is 0 Å². The molecule has 7 nitrogen and oxygen atoms in total. The highest BCUT2D eigenvalue weighted by Crippen LogP contribution is 2.26. The Bertz CT molecular complexity index is 1040. The number of carbonyl (C=O) groups excluding carboxylic acids is 1. The number of ether oxygens (including phenoxy) is 1. The molecule has 0 aliphatic rings. The van der Waals surface area contributed by atoms with E-state index in [2.05, 4.69) is 15.3 Å². The molecule has 1 heterocycles. The number of carbonyl (C=O) groups is 1. The lowest BCUT2D eigenvalue weighted by molar-refractivity contribution is -0.123. The fourth-order valence-electron chi connectivity index (χ4n) is 3.04. The monoisotopic (exact) mass is 394 g/mol. The fourth-order valence-corrected chi connectivity index (χ4v) is 3.04. The van der Waals surface area contributed by atoms with E-state index in [-0.39, 0.29) is 18.1 Å². The minimum absolute atomic E-state index is 0.0255. The van der Waals surface area contributed by atoms with Crippen molar-refractivity contribution in [2.45, 2.75) is 6.42 Å². The Morgan fingerprint density at radius 3 is 2.48 bits per heavy atom. The number of benzene rings is 2. The van der Waals surface area contributed by atoms with Crippen molar-refractivity contribution in [1.29, 1.82) is 0 Å². The Kier molecular flexibility index (Phi) is 6.61. The van der Waals surface area contributed by atoms with Gasteiger partial charge in [-0.05, 0) is 57.4 Å². The molecule has 29 heavy (non-hydrogen) atoms. The molecule has 0 unspecified atom stereocenters. The van der Waals surface area contributed by atoms with Crippen molar-refractivity contribution in [3.05, 3.63) is 58.9 Å². The van der Waals surface area contributed by atoms with Crippen molar-refractivity contribution >= 4 is 16.7 Å². The number of hydrogen-bond acceptors (Lipinski definition) is 5. The summed E-state index contributed by atoms with van der Waals surface area (Å²) in [6, 6.07) is 14.8. The van der Waals surface area contributed by atoms with E-state index in [4.69, 9.17) is 4.74 Å². The second kappa shape index (κ2) is 9.34. The number of fused-ring (bicyclic) bond motifs is 1. The van der Waals surface area contributed by atoms with Crippen LogP contribution in [0, 0.1) is 0 Å². The van der Waals surface area contributed by atoms with Crippen LogP contribution in [0.25, 0.3) is 22.0 Å². The van der Waals surface area contributed by atoms with E-state index in [1.54, 1.807) is 25.2 Å². The van der Waals surface area contributed by atoms with Gasteiger partial charge in [0.15, 0.2) is 6.61 Å². The molecule has 1 N–H and O–H groups in total. The Labute approximate surface area is 169 Å². The molecule has 152 valence electrons. The third-order valence-corrected chi connectivity index (χ3v) is 4.56. The lowest BCUT2D eigenvalue weighted by Crippen LogP contribution is -2.31. The molecule has 0 atom stereocenters. The van der Waals surface area contributed by atoms with Crippen molar-refractivity contribution in [3.63, 3.8) is 0 Å². The Morgan fingerprint density at radius 1 is 1.10 bits per heavy atom. The molecule has 2 aromatic carbocycles. The van der Waals surface area contributed by atoms with Gasteiger partial charge in [0.1, 0.15) is 5.75 Å². The van der Waals surface area contributed by atoms with Gasteiger partial charge in [-0.15, -0.1) is 0 Å². The molecule has 0 saturated heterocycles. The number of aryl methyl sites for hydroxylation is 1. The molecule has 0 saturated carbocycles. The summed E-state index contributed by atoms with van der Waals surface area (Å²) in [6.07, 6.45) is 0.897. The van der Waals surface area contributed by atoms with Crippen LogP contribution in [0.2, 0.25) is 0 Å². The summed E-state index contributed by atoms with van der Waals surface area (Å²) in [7, 11) is 5.65. The Hall–Kier alpha value is -3.19. The van der Waals surface area contributed by atoms with Gasteiger partial charge in [0.2, 0.25) is 0 Å². The van der Waals surface area contributed by atoms with E-state index < -0.39 is 0 Å². The van der Waals surface area contributed by atoms with Crippen molar-refractivity contribution in [2.24, 2.45) is 7.05 Å². The van der Waals surface area contributed by atoms with Crippen molar-refractivity contribution < 1.29 is 9.53 Å². The second-order valence-corrected chi connectivity index (χ2v) is 7.14. The minimum atomic E-state index is -0.140. The van der Waals surface area contributed by atoms with Crippen molar-refractivity contribution in [1.82, 2.24) is 20.0 Å². The van der Waals surface area contributed by atoms with E-state index in [0.717, 1.165) is 29.6 Å². The summed E-state index contributed by atoms with van der Waals surface area (Å²) in [5.41, 5.74) is 1.48. The molecule has 1 aromatic heterocycles. The summed E-state index contributed by atoms with van der Waals surface area (Å²) in [6.45, 7) is 1.53. The van der Waals surface area contributed by atoms with Gasteiger partial charge in [-0.1, -0.05) is 18.2 Å². The minimum Gasteiger partial charge on any atom is -0.484 e. The number of aromatic nitrogens is 2. The zero-order valence-electron chi connectivity index (χ0n) is 17.0. The molecule has 1 amide bonds. The molecular formula is C22H26N4O3. The van der Waals surface area contributed by atoms with Crippen molar-refractivity contribution in [2.75, 3.05) is 33.8 Å². The van der Waals surface area contributed by atoms with E-state index in [0.29, 0.717) is 17.7 Å². The largest absolute Gasteiger partial charge is 0.484 e. The first-order valence-corrected chi connectivity index (χ1v) is 9.56. The average molecular weight is 394 g/mol. The second-order valence-electron chi connectivity index (χ2n) is 7.14. The first kappa shape index (κ1) is 20.5. The number of hydrogen-bond donors (Lipinski definition) is 1. The molecular weight excluding hydrogens is 368 g/mol. The average Bonchev–Trinajstić information content (AvgIpc) is 2.72. The number of nitrogens with one attached hydrogen (secondary N) is 1.